The van der Waals surface area contributed by atoms with E-state index in [1.807, 2.05) is 6.07 Å². The summed E-state index contributed by atoms with van der Waals surface area (Å²) in [5, 5.41) is 8.87. The van der Waals surface area contributed by atoms with Crippen LogP contribution >= 0.6 is 0 Å². The van der Waals surface area contributed by atoms with Gasteiger partial charge in [0.2, 0.25) is 0 Å². The number of rotatable bonds is 5. The number of aromatic carboxylic acids is 1. The molecule has 0 unspecified atom stereocenters. The Morgan fingerprint density at radius 3 is 2.36 bits per heavy atom. The number of hydrogen-bond acceptors (Lipinski definition) is 3. The van der Waals surface area contributed by atoms with E-state index in [9.17, 15) is 18.0 Å². The summed E-state index contributed by atoms with van der Waals surface area (Å²) in [5.74, 6) is -2.26. The van der Waals surface area contributed by atoms with Gasteiger partial charge in [-0.05, 0) is 17.7 Å². The van der Waals surface area contributed by atoms with Crippen LogP contribution in [-0.4, -0.2) is 17.4 Å². The first-order chi connectivity index (χ1) is 10.3. The molecule has 116 valence electrons. The van der Waals surface area contributed by atoms with Crippen LogP contribution in [0.1, 0.15) is 15.9 Å². The van der Waals surface area contributed by atoms with Gasteiger partial charge >= 0.3 is 12.3 Å². The Bertz CT molecular complexity index is 654. The number of halogens is 3. The fourth-order valence-electron chi connectivity index (χ4n) is 1.72. The average molecular weight is 312 g/mol. The largest absolute Gasteiger partial charge is 0.573 e. The number of carboxylic acid groups (broad SMARTS) is 1. The average Bonchev–Trinajstić information content (AvgIpc) is 2.44. The number of carbonyl (C=O) groups is 1. The molecule has 0 aliphatic heterocycles. The van der Waals surface area contributed by atoms with E-state index in [2.05, 4.69) is 4.74 Å². The van der Waals surface area contributed by atoms with Crippen LogP contribution in [0.4, 0.5) is 13.2 Å². The predicted octanol–water partition coefficient (Wildman–Crippen LogP) is 3.86. The van der Waals surface area contributed by atoms with Crippen molar-refractivity contribution in [1.29, 1.82) is 0 Å². The Morgan fingerprint density at radius 2 is 1.77 bits per heavy atom. The quantitative estimate of drug-likeness (QED) is 0.911. The maximum Gasteiger partial charge on any atom is 0.573 e. The lowest BCUT2D eigenvalue weighted by molar-refractivity contribution is -0.274. The third kappa shape index (κ3) is 4.41. The highest BCUT2D eigenvalue weighted by molar-refractivity contribution is 5.91. The summed E-state index contributed by atoms with van der Waals surface area (Å²) in [5.41, 5.74) is 0.229. The molecule has 0 aliphatic rings. The third-order valence-electron chi connectivity index (χ3n) is 2.66. The summed E-state index contributed by atoms with van der Waals surface area (Å²) in [6.45, 7) is 0.138. The first-order valence-corrected chi connectivity index (χ1v) is 6.15. The molecule has 0 saturated heterocycles. The molecule has 0 aromatic heterocycles. The zero-order valence-corrected chi connectivity index (χ0v) is 11.1. The van der Waals surface area contributed by atoms with Crippen LogP contribution in [0.25, 0.3) is 0 Å². The monoisotopic (exact) mass is 312 g/mol. The van der Waals surface area contributed by atoms with E-state index in [1.54, 1.807) is 24.3 Å². The van der Waals surface area contributed by atoms with Crippen LogP contribution in [-0.2, 0) is 6.61 Å². The van der Waals surface area contributed by atoms with Crippen molar-refractivity contribution < 1.29 is 32.5 Å². The van der Waals surface area contributed by atoms with Crippen molar-refractivity contribution in [3.63, 3.8) is 0 Å². The Balaban J connectivity index is 2.19. The van der Waals surface area contributed by atoms with Gasteiger partial charge in [0.05, 0.1) is 0 Å². The van der Waals surface area contributed by atoms with E-state index in [-0.39, 0.29) is 12.4 Å². The Kier molecular flexibility index (Phi) is 4.55. The predicted molar refractivity (Wildman–Crippen MR) is 70.9 cm³/mol. The topological polar surface area (TPSA) is 55.8 Å². The molecule has 2 aromatic carbocycles. The first kappa shape index (κ1) is 15.7. The number of alkyl halides is 3. The van der Waals surface area contributed by atoms with Gasteiger partial charge in [0.1, 0.15) is 23.7 Å². The van der Waals surface area contributed by atoms with E-state index < -0.39 is 23.6 Å². The van der Waals surface area contributed by atoms with Crippen molar-refractivity contribution in [2.24, 2.45) is 0 Å². The molecule has 0 radical (unpaired) electrons. The number of benzene rings is 2. The Morgan fingerprint density at radius 1 is 1.09 bits per heavy atom. The second-order valence-corrected chi connectivity index (χ2v) is 4.29. The van der Waals surface area contributed by atoms with Gasteiger partial charge in [-0.25, -0.2) is 4.79 Å². The highest BCUT2D eigenvalue weighted by Gasteiger charge is 2.33. The van der Waals surface area contributed by atoms with Crippen molar-refractivity contribution >= 4 is 5.97 Å². The molecule has 0 amide bonds. The van der Waals surface area contributed by atoms with Gasteiger partial charge < -0.3 is 14.6 Å². The maximum atomic E-state index is 12.3. The van der Waals surface area contributed by atoms with Crippen LogP contribution in [0.5, 0.6) is 11.5 Å². The molecular formula is C15H11F3O4. The summed E-state index contributed by atoms with van der Waals surface area (Å²) in [6.07, 6.45) is -4.98. The molecule has 0 aliphatic carbocycles. The molecule has 0 atom stereocenters. The van der Waals surface area contributed by atoms with Gasteiger partial charge in [0.25, 0.3) is 0 Å². The lowest BCUT2D eigenvalue weighted by Crippen LogP contribution is -2.19. The van der Waals surface area contributed by atoms with Crippen LogP contribution in [0, 0.1) is 0 Å². The summed E-state index contributed by atoms with van der Waals surface area (Å²) in [4.78, 5) is 10.9. The van der Waals surface area contributed by atoms with E-state index in [0.29, 0.717) is 0 Å². The summed E-state index contributed by atoms with van der Waals surface area (Å²) in [7, 11) is 0. The van der Waals surface area contributed by atoms with Crippen LogP contribution < -0.4 is 9.47 Å². The minimum absolute atomic E-state index is 0.0769. The van der Waals surface area contributed by atoms with Crippen molar-refractivity contribution in [3.05, 3.63) is 59.7 Å². The second-order valence-electron chi connectivity index (χ2n) is 4.29. The molecule has 7 heteroatoms. The maximum absolute atomic E-state index is 12.3. The van der Waals surface area contributed by atoms with E-state index in [0.717, 1.165) is 17.7 Å². The SMILES string of the molecule is O=C(O)c1ccc(OCc2ccccc2)cc1OC(F)(F)F. The van der Waals surface area contributed by atoms with E-state index >= 15 is 0 Å². The molecule has 0 bridgehead atoms. The van der Waals surface area contributed by atoms with Crippen LogP contribution in [0.3, 0.4) is 0 Å². The van der Waals surface area contributed by atoms with Gasteiger partial charge in [-0.1, -0.05) is 30.3 Å². The molecule has 4 nitrogen and oxygen atoms in total. The van der Waals surface area contributed by atoms with Gasteiger partial charge in [-0.2, -0.15) is 0 Å². The lowest BCUT2D eigenvalue weighted by atomic mass is 10.2. The zero-order chi connectivity index (χ0) is 16.2. The molecule has 2 rings (SSSR count). The fourth-order valence-corrected chi connectivity index (χ4v) is 1.72. The normalized spacial score (nSPS) is 11.0. The lowest BCUT2D eigenvalue weighted by Gasteiger charge is -2.13. The second kappa shape index (κ2) is 6.38. The third-order valence-corrected chi connectivity index (χ3v) is 2.66. The molecule has 0 fully saturated rings. The number of carboxylic acids is 1. The van der Waals surface area contributed by atoms with E-state index in [1.165, 1.54) is 6.07 Å². The molecule has 2 aromatic rings. The zero-order valence-electron chi connectivity index (χ0n) is 11.1. The molecule has 0 saturated carbocycles. The van der Waals surface area contributed by atoms with Crippen molar-refractivity contribution in [2.45, 2.75) is 13.0 Å². The fraction of sp³-hybridized carbons (Fsp3) is 0.133. The van der Waals surface area contributed by atoms with Gasteiger partial charge in [-0.3, -0.25) is 0 Å². The number of ether oxygens (including phenoxy) is 2. The molecule has 0 heterocycles. The van der Waals surface area contributed by atoms with Gasteiger partial charge in [-0.15, -0.1) is 13.2 Å². The molecule has 22 heavy (non-hydrogen) atoms. The van der Waals surface area contributed by atoms with Gasteiger partial charge in [0, 0.05) is 6.07 Å². The Hall–Kier alpha value is -2.70. The summed E-state index contributed by atoms with van der Waals surface area (Å²) < 4.78 is 46.0. The summed E-state index contributed by atoms with van der Waals surface area (Å²) >= 11 is 0. The van der Waals surface area contributed by atoms with Crippen molar-refractivity contribution in [3.8, 4) is 11.5 Å². The van der Waals surface area contributed by atoms with Crippen molar-refractivity contribution in [1.82, 2.24) is 0 Å². The summed E-state index contributed by atoms with van der Waals surface area (Å²) in [6, 6.07) is 12.2. The standard InChI is InChI=1S/C15H11F3O4/c16-15(17,18)22-13-8-11(6-7-12(13)14(19)20)21-9-10-4-2-1-3-5-10/h1-8H,9H2,(H,19,20). The minimum atomic E-state index is -4.98. The molecular weight excluding hydrogens is 301 g/mol. The van der Waals surface area contributed by atoms with E-state index in [4.69, 9.17) is 9.84 Å². The van der Waals surface area contributed by atoms with Crippen LogP contribution in [0.15, 0.2) is 48.5 Å². The highest BCUT2D eigenvalue weighted by Crippen LogP contribution is 2.30. The first-order valence-electron chi connectivity index (χ1n) is 6.15. The van der Waals surface area contributed by atoms with Crippen LogP contribution in [0.2, 0.25) is 0 Å². The minimum Gasteiger partial charge on any atom is -0.489 e. The smallest absolute Gasteiger partial charge is 0.489 e. The molecule has 0 spiro atoms. The molecule has 1 N–H and O–H groups in total. The number of hydrogen-bond donors (Lipinski definition) is 1. The Labute approximate surface area is 123 Å². The highest BCUT2D eigenvalue weighted by atomic mass is 19.4. The van der Waals surface area contributed by atoms with Gasteiger partial charge in [0.15, 0.2) is 0 Å². The van der Waals surface area contributed by atoms with Crippen molar-refractivity contribution in [2.75, 3.05) is 0 Å².